The molecule has 142 valence electrons. The monoisotopic (exact) mass is 366 g/mol. The number of rotatable bonds is 5. The van der Waals surface area contributed by atoms with E-state index in [0.29, 0.717) is 13.2 Å². The highest BCUT2D eigenvalue weighted by Crippen LogP contribution is 2.36. The molecular weight excluding hydrogens is 340 g/mol. The molecule has 0 aromatic heterocycles. The van der Waals surface area contributed by atoms with Crippen LogP contribution in [0.15, 0.2) is 48.5 Å². The molecule has 1 heterocycles. The molecule has 4 rings (SSSR count). The highest BCUT2D eigenvalue weighted by Gasteiger charge is 2.37. The Bertz CT molecular complexity index is 797. The molecule has 0 saturated heterocycles. The summed E-state index contributed by atoms with van der Waals surface area (Å²) in [5.41, 5.74) is 7.35. The Morgan fingerprint density at radius 2 is 1.74 bits per heavy atom. The zero-order chi connectivity index (χ0) is 18.7. The molecule has 1 amide bonds. The van der Waals surface area contributed by atoms with Crippen molar-refractivity contribution in [3.8, 4) is 11.5 Å². The zero-order valence-corrected chi connectivity index (χ0v) is 15.4. The summed E-state index contributed by atoms with van der Waals surface area (Å²) in [7, 11) is 0. The van der Waals surface area contributed by atoms with E-state index in [1.807, 2.05) is 24.3 Å². The minimum atomic E-state index is -0.555. The van der Waals surface area contributed by atoms with Crippen molar-refractivity contribution in [1.29, 1.82) is 0 Å². The third-order valence-electron chi connectivity index (χ3n) is 5.67. The topological polar surface area (TPSA) is 73.6 Å². The molecule has 1 aliphatic carbocycles. The number of nitrogens with two attached hydrogens (primary N) is 1. The maximum absolute atomic E-state index is 12.0. The summed E-state index contributed by atoms with van der Waals surface area (Å²) in [5.74, 6) is 1.34. The van der Waals surface area contributed by atoms with Crippen LogP contribution in [0.2, 0.25) is 0 Å². The van der Waals surface area contributed by atoms with E-state index in [2.05, 4.69) is 29.6 Å². The third kappa shape index (κ3) is 3.78. The Kier molecular flexibility index (Phi) is 5.03. The second kappa shape index (κ2) is 7.61. The van der Waals surface area contributed by atoms with Crippen LogP contribution in [0.25, 0.3) is 0 Å². The molecule has 2 aliphatic rings. The number of amides is 1. The van der Waals surface area contributed by atoms with Crippen LogP contribution in [0, 0.1) is 0 Å². The van der Waals surface area contributed by atoms with Gasteiger partial charge in [-0.05, 0) is 36.1 Å². The van der Waals surface area contributed by atoms with Gasteiger partial charge in [0.2, 0.25) is 5.91 Å². The lowest BCUT2D eigenvalue weighted by molar-refractivity contribution is -0.125. The molecule has 1 atom stereocenters. The first-order chi connectivity index (χ1) is 13.2. The molecule has 1 saturated carbocycles. The molecule has 2 aromatic carbocycles. The van der Waals surface area contributed by atoms with Gasteiger partial charge in [0.25, 0.3) is 0 Å². The fourth-order valence-electron chi connectivity index (χ4n) is 3.97. The summed E-state index contributed by atoms with van der Waals surface area (Å²) >= 11 is 0. The van der Waals surface area contributed by atoms with Crippen molar-refractivity contribution in [2.75, 3.05) is 6.61 Å². The quantitative estimate of drug-likeness (QED) is 0.850. The van der Waals surface area contributed by atoms with Gasteiger partial charge in [0.1, 0.15) is 6.61 Å². The molecule has 5 heteroatoms. The number of nitrogens with one attached hydrogen (secondary N) is 1. The van der Waals surface area contributed by atoms with Gasteiger partial charge in [0, 0.05) is 6.54 Å². The van der Waals surface area contributed by atoms with Gasteiger partial charge in [0.15, 0.2) is 17.6 Å². The summed E-state index contributed by atoms with van der Waals surface area (Å²) in [6.07, 6.45) is 4.82. The van der Waals surface area contributed by atoms with Crippen molar-refractivity contribution in [1.82, 2.24) is 5.32 Å². The second-order valence-electron chi connectivity index (χ2n) is 7.47. The smallest absolute Gasteiger partial charge is 0.237 e. The molecule has 0 spiro atoms. The lowest BCUT2D eigenvalue weighted by Crippen LogP contribution is -2.56. The summed E-state index contributed by atoms with van der Waals surface area (Å²) in [5, 5.41) is 3.43. The van der Waals surface area contributed by atoms with Crippen LogP contribution >= 0.6 is 0 Å². The number of carbonyl (C=O) groups excluding carboxylic acids is 1. The van der Waals surface area contributed by atoms with Crippen LogP contribution in [-0.4, -0.2) is 18.1 Å². The molecule has 1 aliphatic heterocycles. The van der Waals surface area contributed by atoms with Crippen molar-refractivity contribution in [3.05, 3.63) is 59.7 Å². The van der Waals surface area contributed by atoms with Crippen molar-refractivity contribution in [2.24, 2.45) is 5.73 Å². The first kappa shape index (κ1) is 17.9. The van der Waals surface area contributed by atoms with E-state index < -0.39 is 5.54 Å². The lowest BCUT2D eigenvalue weighted by atomic mass is 9.81. The van der Waals surface area contributed by atoms with Crippen molar-refractivity contribution in [3.63, 3.8) is 0 Å². The number of primary amides is 1. The summed E-state index contributed by atoms with van der Waals surface area (Å²) in [6.45, 7) is 1.13. The number of hydrogen-bond acceptors (Lipinski definition) is 4. The minimum Gasteiger partial charge on any atom is -0.485 e. The molecule has 0 radical (unpaired) electrons. The van der Waals surface area contributed by atoms with Crippen molar-refractivity contribution < 1.29 is 14.3 Å². The number of hydrogen-bond donors (Lipinski definition) is 2. The van der Waals surface area contributed by atoms with E-state index in [-0.39, 0.29) is 12.0 Å². The largest absolute Gasteiger partial charge is 0.485 e. The zero-order valence-electron chi connectivity index (χ0n) is 15.4. The van der Waals surface area contributed by atoms with Crippen LogP contribution < -0.4 is 20.5 Å². The first-order valence-electron chi connectivity index (χ1n) is 9.69. The van der Waals surface area contributed by atoms with Crippen molar-refractivity contribution >= 4 is 5.91 Å². The summed E-state index contributed by atoms with van der Waals surface area (Å²) in [6, 6.07) is 16.0. The molecule has 5 nitrogen and oxygen atoms in total. The number of carbonyl (C=O) groups is 1. The maximum atomic E-state index is 12.0. The highest BCUT2D eigenvalue weighted by atomic mass is 16.6. The number of fused-ring (bicyclic) bond motifs is 1. The molecule has 0 bridgehead atoms. The predicted molar refractivity (Wildman–Crippen MR) is 104 cm³/mol. The van der Waals surface area contributed by atoms with Gasteiger partial charge in [-0.25, -0.2) is 0 Å². The van der Waals surface area contributed by atoms with Crippen molar-refractivity contribution in [2.45, 2.75) is 50.3 Å². The van der Waals surface area contributed by atoms with Gasteiger partial charge < -0.3 is 15.2 Å². The van der Waals surface area contributed by atoms with Crippen LogP contribution in [-0.2, 0) is 11.3 Å². The number of benzene rings is 2. The predicted octanol–water partition coefficient (Wildman–Crippen LogP) is 3.48. The average molecular weight is 366 g/mol. The Morgan fingerprint density at radius 1 is 1.04 bits per heavy atom. The molecular formula is C22H26N2O3. The Morgan fingerprint density at radius 3 is 2.44 bits per heavy atom. The first-order valence-corrected chi connectivity index (χ1v) is 9.69. The van der Waals surface area contributed by atoms with Gasteiger partial charge in [-0.2, -0.15) is 0 Å². The number of ether oxygens (including phenoxy) is 2. The fourth-order valence-corrected chi connectivity index (χ4v) is 3.97. The van der Waals surface area contributed by atoms with Gasteiger partial charge in [0.05, 0.1) is 5.54 Å². The standard InChI is InChI=1S/C22H26N2O3/c23-21(25)22(12-4-1-5-13-22)24-14-16-8-10-17(11-9-16)20-15-26-18-6-2-3-7-19(18)27-20/h2-3,6-11,20,24H,1,4-5,12-15H2,(H2,23,25)/t20-/m1/s1. The van der Waals surface area contributed by atoms with Crippen LogP contribution in [0.5, 0.6) is 11.5 Å². The van der Waals surface area contributed by atoms with E-state index >= 15 is 0 Å². The number of para-hydroxylation sites is 2. The molecule has 27 heavy (non-hydrogen) atoms. The lowest BCUT2D eigenvalue weighted by Gasteiger charge is -2.35. The molecule has 1 fully saturated rings. The van der Waals surface area contributed by atoms with E-state index in [9.17, 15) is 4.79 Å². The third-order valence-corrected chi connectivity index (χ3v) is 5.67. The maximum Gasteiger partial charge on any atom is 0.237 e. The van der Waals surface area contributed by atoms with E-state index in [1.165, 1.54) is 6.42 Å². The second-order valence-corrected chi connectivity index (χ2v) is 7.47. The van der Waals surface area contributed by atoms with Gasteiger partial charge in [-0.15, -0.1) is 0 Å². The fraction of sp³-hybridized carbons (Fsp3) is 0.409. The average Bonchev–Trinajstić information content (AvgIpc) is 2.73. The highest BCUT2D eigenvalue weighted by molar-refractivity contribution is 5.84. The Balaban J connectivity index is 1.40. The SMILES string of the molecule is NC(=O)C1(NCc2ccc([C@H]3COc4ccccc4O3)cc2)CCCCC1. The molecule has 2 aromatic rings. The summed E-state index contributed by atoms with van der Waals surface area (Å²) in [4.78, 5) is 12.0. The Hall–Kier alpha value is -2.53. The van der Waals surface area contributed by atoms with Crippen LogP contribution in [0.4, 0.5) is 0 Å². The minimum absolute atomic E-state index is 0.114. The van der Waals surface area contributed by atoms with Crippen LogP contribution in [0.3, 0.4) is 0 Å². The van der Waals surface area contributed by atoms with E-state index in [4.69, 9.17) is 15.2 Å². The molecule has 0 unspecified atom stereocenters. The molecule has 3 N–H and O–H groups in total. The van der Waals surface area contributed by atoms with Gasteiger partial charge in [-0.3, -0.25) is 10.1 Å². The summed E-state index contributed by atoms with van der Waals surface area (Å²) < 4.78 is 11.9. The van der Waals surface area contributed by atoms with E-state index in [0.717, 1.165) is 48.3 Å². The van der Waals surface area contributed by atoms with Crippen LogP contribution in [0.1, 0.15) is 49.3 Å². The Labute approximate surface area is 159 Å². The van der Waals surface area contributed by atoms with Gasteiger partial charge >= 0.3 is 0 Å². The van der Waals surface area contributed by atoms with E-state index in [1.54, 1.807) is 0 Å². The van der Waals surface area contributed by atoms with Gasteiger partial charge in [-0.1, -0.05) is 55.7 Å². The normalized spacial score (nSPS) is 20.8.